The van der Waals surface area contributed by atoms with E-state index in [4.69, 9.17) is 4.74 Å². The minimum Gasteiger partial charge on any atom is -0.496 e. The van der Waals surface area contributed by atoms with E-state index < -0.39 is 0 Å². The van der Waals surface area contributed by atoms with E-state index in [1.165, 1.54) is 6.92 Å². The molecule has 126 valence electrons. The maximum Gasteiger partial charge on any atom is 0.228 e. The summed E-state index contributed by atoms with van der Waals surface area (Å²) in [6, 6.07) is 10.9. The highest BCUT2D eigenvalue weighted by Gasteiger charge is 2.11. The van der Waals surface area contributed by atoms with E-state index in [9.17, 15) is 9.59 Å². The van der Waals surface area contributed by atoms with E-state index >= 15 is 0 Å². The first-order valence-corrected chi connectivity index (χ1v) is 8.19. The molecular weight excluding hydrogens is 372 g/mol. The van der Waals surface area contributed by atoms with Gasteiger partial charge in [0.25, 0.3) is 0 Å². The van der Waals surface area contributed by atoms with Gasteiger partial charge < -0.3 is 15.4 Å². The van der Waals surface area contributed by atoms with Gasteiger partial charge in [-0.2, -0.15) is 0 Å². The molecule has 0 aliphatic rings. The van der Waals surface area contributed by atoms with E-state index in [1.807, 2.05) is 25.1 Å². The molecule has 0 bridgehead atoms. The molecule has 0 saturated heterocycles. The highest BCUT2D eigenvalue weighted by atomic mass is 79.9. The van der Waals surface area contributed by atoms with Crippen molar-refractivity contribution >= 4 is 39.1 Å². The van der Waals surface area contributed by atoms with E-state index in [0.717, 1.165) is 21.3 Å². The molecule has 2 aromatic carbocycles. The molecule has 0 aromatic heterocycles. The molecule has 2 aromatic rings. The Hall–Kier alpha value is -2.34. The molecule has 0 heterocycles. The van der Waals surface area contributed by atoms with Crippen molar-refractivity contribution in [3.63, 3.8) is 0 Å². The number of aryl methyl sites for hydroxylation is 1. The van der Waals surface area contributed by atoms with Gasteiger partial charge in [-0.25, -0.2) is 0 Å². The Morgan fingerprint density at radius 2 is 1.83 bits per heavy atom. The number of methoxy groups -OCH3 is 1. The van der Waals surface area contributed by atoms with Crippen LogP contribution in [0, 0.1) is 6.92 Å². The zero-order valence-corrected chi connectivity index (χ0v) is 15.4. The van der Waals surface area contributed by atoms with Gasteiger partial charge in [0.2, 0.25) is 11.8 Å². The fourth-order valence-electron chi connectivity index (χ4n) is 2.27. The number of benzene rings is 2. The SMILES string of the molecule is COc1cc(CC(=O)Nc2cc(Br)ccc2NC(C)=O)ccc1C. The van der Waals surface area contributed by atoms with E-state index in [1.54, 1.807) is 25.3 Å². The Morgan fingerprint density at radius 1 is 1.08 bits per heavy atom. The van der Waals surface area contributed by atoms with E-state index in [-0.39, 0.29) is 18.2 Å². The van der Waals surface area contributed by atoms with Gasteiger partial charge in [0.1, 0.15) is 5.75 Å². The van der Waals surface area contributed by atoms with Crippen LogP contribution in [0.1, 0.15) is 18.1 Å². The first-order chi connectivity index (χ1) is 11.4. The first-order valence-electron chi connectivity index (χ1n) is 7.39. The molecule has 0 fully saturated rings. The molecule has 0 atom stereocenters. The molecule has 0 aliphatic heterocycles. The molecule has 2 N–H and O–H groups in total. The van der Waals surface area contributed by atoms with Gasteiger partial charge in [-0.3, -0.25) is 9.59 Å². The highest BCUT2D eigenvalue weighted by Crippen LogP contribution is 2.26. The Balaban J connectivity index is 2.15. The van der Waals surface area contributed by atoms with Gasteiger partial charge in [-0.05, 0) is 42.3 Å². The smallest absolute Gasteiger partial charge is 0.228 e. The molecule has 24 heavy (non-hydrogen) atoms. The second-order valence-electron chi connectivity index (χ2n) is 5.40. The number of nitrogens with one attached hydrogen (secondary N) is 2. The van der Waals surface area contributed by atoms with E-state index in [0.29, 0.717) is 11.4 Å². The number of hydrogen-bond acceptors (Lipinski definition) is 3. The van der Waals surface area contributed by atoms with Crippen molar-refractivity contribution in [2.75, 3.05) is 17.7 Å². The zero-order valence-electron chi connectivity index (χ0n) is 13.8. The third-order valence-electron chi connectivity index (χ3n) is 3.40. The lowest BCUT2D eigenvalue weighted by Gasteiger charge is -2.13. The van der Waals surface area contributed by atoms with Gasteiger partial charge in [0.15, 0.2) is 0 Å². The van der Waals surface area contributed by atoms with Crippen molar-refractivity contribution in [1.82, 2.24) is 0 Å². The number of carbonyl (C=O) groups is 2. The average molecular weight is 391 g/mol. The predicted molar refractivity (Wildman–Crippen MR) is 98.5 cm³/mol. The van der Waals surface area contributed by atoms with Crippen molar-refractivity contribution < 1.29 is 14.3 Å². The molecule has 0 unspecified atom stereocenters. The lowest BCUT2D eigenvalue weighted by Crippen LogP contribution is -2.17. The summed E-state index contributed by atoms with van der Waals surface area (Å²) < 4.78 is 6.09. The summed E-state index contributed by atoms with van der Waals surface area (Å²) in [4.78, 5) is 23.6. The van der Waals surface area contributed by atoms with Crippen molar-refractivity contribution in [2.24, 2.45) is 0 Å². The summed E-state index contributed by atoms with van der Waals surface area (Å²) in [5.41, 5.74) is 2.97. The number of halogens is 1. The molecule has 5 nitrogen and oxygen atoms in total. The lowest BCUT2D eigenvalue weighted by molar-refractivity contribution is -0.116. The van der Waals surface area contributed by atoms with Crippen LogP contribution in [0.5, 0.6) is 5.75 Å². The van der Waals surface area contributed by atoms with Crippen LogP contribution < -0.4 is 15.4 Å². The highest BCUT2D eigenvalue weighted by molar-refractivity contribution is 9.10. The number of rotatable bonds is 5. The number of carbonyl (C=O) groups excluding carboxylic acids is 2. The van der Waals surface area contributed by atoms with Crippen molar-refractivity contribution in [1.29, 1.82) is 0 Å². The second-order valence-corrected chi connectivity index (χ2v) is 6.32. The van der Waals surface area contributed by atoms with Crippen LogP contribution >= 0.6 is 15.9 Å². The van der Waals surface area contributed by atoms with Gasteiger partial charge >= 0.3 is 0 Å². The van der Waals surface area contributed by atoms with Crippen LogP contribution in [0.4, 0.5) is 11.4 Å². The summed E-state index contributed by atoms with van der Waals surface area (Å²) in [5.74, 6) is 0.378. The summed E-state index contributed by atoms with van der Waals surface area (Å²) >= 11 is 3.37. The summed E-state index contributed by atoms with van der Waals surface area (Å²) in [6.45, 7) is 3.37. The Labute approximate surface area is 149 Å². The number of amides is 2. The Kier molecular flexibility index (Phi) is 5.98. The maximum atomic E-state index is 12.3. The van der Waals surface area contributed by atoms with Gasteiger partial charge in [-0.1, -0.05) is 28.1 Å². The van der Waals surface area contributed by atoms with Crippen LogP contribution in [0.15, 0.2) is 40.9 Å². The average Bonchev–Trinajstić information content (AvgIpc) is 2.51. The minimum atomic E-state index is -0.198. The maximum absolute atomic E-state index is 12.3. The molecule has 0 spiro atoms. The Morgan fingerprint density at radius 3 is 2.50 bits per heavy atom. The first kappa shape index (κ1) is 18.0. The van der Waals surface area contributed by atoms with Gasteiger partial charge in [0, 0.05) is 11.4 Å². The number of anilines is 2. The van der Waals surface area contributed by atoms with Crippen LogP contribution in [0.3, 0.4) is 0 Å². The topological polar surface area (TPSA) is 67.4 Å². The molecule has 0 radical (unpaired) electrons. The lowest BCUT2D eigenvalue weighted by atomic mass is 10.1. The summed E-state index contributed by atoms with van der Waals surface area (Å²) in [7, 11) is 1.60. The summed E-state index contributed by atoms with van der Waals surface area (Å²) in [6.07, 6.45) is 0.211. The van der Waals surface area contributed by atoms with Crippen molar-refractivity contribution in [3.05, 3.63) is 52.0 Å². The van der Waals surface area contributed by atoms with Gasteiger partial charge in [-0.15, -0.1) is 0 Å². The minimum absolute atomic E-state index is 0.175. The predicted octanol–water partition coefficient (Wildman–Crippen LogP) is 3.91. The molecule has 0 saturated carbocycles. The number of hydrogen-bond donors (Lipinski definition) is 2. The number of ether oxygens (including phenoxy) is 1. The fourth-order valence-corrected chi connectivity index (χ4v) is 2.63. The quantitative estimate of drug-likeness (QED) is 0.812. The molecule has 6 heteroatoms. The second kappa shape index (κ2) is 7.97. The van der Waals surface area contributed by atoms with Gasteiger partial charge in [0.05, 0.1) is 24.9 Å². The van der Waals surface area contributed by atoms with E-state index in [2.05, 4.69) is 26.6 Å². The van der Waals surface area contributed by atoms with Crippen molar-refractivity contribution in [2.45, 2.75) is 20.3 Å². The van der Waals surface area contributed by atoms with Crippen LogP contribution in [0.25, 0.3) is 0 Å². The van der Waals surface area contributed by atoms with Crippen LogP contribution in [-0.4, -0.2) is 18.9 Å². The monoisotopic (exact) mass is 390 g/mol. The Bertz CT molecular complexity index is 775. The van der Waals surface area contributed by atoms with Crippen molar-refractivity contribution in [3.8, 4) is 5.75 Å². The summed E-state index contributed by atoms with van der Waals surface area (Å²) in [5, 5.41) is 5.53. The largest absolute Gasteiger partial charge is 0.496 e. The standard InChI is InChI=1S/C18H19BrN2O3/c1-11-4-5-13(8-17(11)24-3)9-18(23)21-16-10-14(19)6-7-15(16)20-12(2)22/h4-8,10H,9H2,1-3H3,(H,20,22)(H,21,23). The van der Waals surface area contributed by atoms with Crippen LogP contribution in [0.2, 0.25) is 0 Å². The fraction of sp³-hybridized carbons (Fsp3) is 0.222. The third-order valence-corrected chi connectivity index (χ3v) is 3.90. The molecule has 2 rings (SSSR count). The normalized spacial score (nSPS) is 10.2. The third kappa shape index (κ3) is 4.83. The molecule has 0 aliphatic carbocycles. The van der Waals surface area contributed by atoms with Crippen LogP contribution in [-0.2, 0) is 16.0 Å². The molecule has 2 amide bonds. The zero-order chi connectivity index (χ0) is 17.7. The molecular formula is C18H19BrN2O3.